The van der Waals surface area contributed by atoms with Crippen LogP contribution in [0.15, 0.2) is 0 Å². The summed E-state index contributed by atoms with van der Waals surface area (Å²) in [5.74, 6) is 0.718. The lowest BCUT2D eigenvalue weighted by molar-refractivity contribution is 0.246. The Hall–Kier alpha value is -0.0900. The second kappa shape index (κ2) is 5.50. The molecule has 3 nitrogen and oxygen atoms in total. The predicted octanol–water partition coefficient (Wildman–Crippen LogP) is 2.12. The summed E-state index contributed by atoms with van der Waals surface area (Å²) in [6, 6.07) is 0.392. The van der Waals surface area contributed by atoms with Crippen molar-refractivity contribution in [2.75, 3.05) is 11.5 Å². The van der Waals surface area contributed by atoms with Crippen LogP contribution in [0.2, 0.25) is 0 Å². The monoisotopic (exact) mass is 247 g/mol. The first-order valence-electron chi connectivity index (χ1n) is 6.45. The summed E-state index contributed by atoms with van der Waals surface area (Å²) in [4.78, 5) is 0. The van der Waals surface area contributed by atoms with Gasteiger partial charge in [-0.05, 0) is 32.1 Å². The molecule has 0 amide bonds. The van der Waals surface area contributed by atoms with Crippen LogP contribution in [0.25, 0.3) is 0 Å². The Labute approximate surface area is 99.9 Å². The van der Waals surface area contributed by atoms with E-state index in [1.54, 1.807) is 0 Å². The van der Waals surface area contributed by atoms with Crippen molar-refractivity contribution >= 4 is 9.84 Å². The van der Waals surface area contributed by atoms with Crippen LogP contribution in [-0.2, 0) is 9.84 Å². The van der Waals surface area contributed by atoms with Crippen molar-refractivity contribution in [3.8, 4) is 0 Å². The third-order valence-corrected chi connectivity index (χ3v) is 5.81. The summed E-state index contributed by atoms with van der Waals surface area (Å²) < 4.78 is 22.7. The van der Waals surface area contributed by atoms with Crippen LogP contribution >= 0.6 is 0 Å². The SMILES string of the molecule is CCC(CC)(CC)NC1CCS(=O)(=O)CC1. The predicted molar refractivity (Wildman–Crippen MR) is 68.4 cm³/mol. The van der Waals surface area contributed by atoms with E-state index in [0.717, 1.165) is 32.1 Å². The van der Waals surface area contributed by atoms with Gasteiger partial charge in [0, 0.05) is 11.6 Å². The molecule has 1 rings (SSSR count). The molecule has 4 heteroatoms. The molecule has 0 saturated carbocycles. The van der Waals surface area contributed by atoms with E-state index in [4.69, 9.17) is 0 Å². The number of rotatable bonds is 5. The number of nitrogens with one attached hydrogen (secondary N) is 1. The lowest BCUT2D eigenvalue weighted by Gasteiger charge is -2.37. The summed E-state index contributed by atoms with van der Waals surface area (Å²) in [6.07, 6.45) is 4.91. The van der Waals surface area contributed by atoms with E-state index < -0.39 is 9.84 Å². The summed E-state index contributed by atoms with van der Waals surface area (Å²) in [6.45, 7) is 6.62. The summed E-state index contributed by atoms with van der Waals surface area (Å²) >= 11 is 0. The molecule has 1 aliphatic rings. The van der Waals surface area contributed by atoms with E-state index in [9.17, 15) is 8.42 Å². The summed E-state index contributed by atoms with van der Waals surface area (Å²) in [7, 11) is -2.73. The van der Waals surface area contributed by atoms with Gasteiger partial charge in [-0.25, -0.2) is 8.42 Å². The lowest BCUT2D eigenvalue weighted by atomic mass is 9.88. The molecular formula is C12H25NO2S. The Morgan fingerprint density at radius 3 is 1.88 bits per heavy atom. The van der Waals surface area contributed by atoms with Crippen LogP contribution in [0.4, 0.5) is 0 Å². The second-order valence-electron chi connectivity index (χ2n) is 4.91. The fourth-order valence-electron chi connectivity index (χ4n) is 2.52. The molecule has 0 spiro atoms. The highest BCUT2D eigenvalue weighted by atomic mass is 32.2. The third-order valence-electron chi connectivity index (χ3n) is 4.10. The van der Waals surface area contributed by atoms with Gasteiger partial charge in [0.05, 0.1) is 11.5 Å². The molecule has 0 bridgehead atoms. The molecule has 1 heterocycles. The molecule has 1 N–H and O–H groups in total. The zero-order valence-corrected chi connectivity index (χ0v) is 11.6. The van der Waals surface area contributed by atoms with E-state index in [2.05, 4.69) is 26.1 Å². The van der Waals surface area contributed by atoms with E-state index in [0.29, 0.717) is 17.5 Å². The highest BCUT2D eigenvalue weighted by Gasteiger charge is 2.30. The molecule has 0 atom stereocenters. The van der Waals surface area contributed by atoms with Gasteiger partial charge >= 0.3 is 0 Å². The molecule has 0 aliphatic carbocycles. The summed E-state index contributed by atoms with van der Waals surface area (Å²) in [5, 5.41) is 3.69. The van der Waals surface area contributed by atoms with Crippen LogP contribution in [-0.4, -0.2) is 31.5 Å². The summed E-state index contributed by atoms with van der Waals surface area (Å²) in [5.41, 5.74) is 0.214. The highest BCUT2D eigenvalue weighted by molar-refractivity contribution is 7.91. The van der Waals surface area contributed by atoms with E-state index >= 15 is 0 Å². The maximum Gasteiger partial charge on any atom is 0.150 e. The van der Waals surface area contributed by atoms with Crippen molar-refractivity contribution in [2.45, 2.75) is 64.5 Å². The van der Waals surface area contributed by atoms with Crippen molar-refractivity contribution in [3.63, 3.8) is 0 Å². The maximum absolute atomic E-state index is 11.3. The van der Waals surface area contributed by atoms with E-state index in [1.807, 2.05) is 0 Å². The van der Waals surface area contributed by atoms with Gasteiger partial charge in [-0.2, -0.15) is 0 Å². The standard InChI is InChI=1S/C12H25NO2S/c1-4-12(5-2,6-3)13-11-7-9-16(14,15)10-8-11/h11,13H,4-10H2,1-3H3. The van der Waals surface area contributed by atoms with Crippen LogP contribution in [0.5, 0.6) is 0 Å². The minimum absolute atomic E-state index is 0.214. The molecule has 1 fully saturated rings. The van der Waals surface area contributed by atoms with Crippen molar-refractivity contribution in [1.82, 2.24) is 5.32 Å². The number of hydrogen-bond donors (Lipinski definition) is 1. The van der Waals surface area contributed by atoms with Crippen molar-refractivity contribution < 1.29 is 8.42 Å². The zero-order valence-electron chi connectivity index (χ0n) is 10.8. The first-order chi connectivity index (χ1) is 7.47. The molecule has 0 aromatic heterocycles. The fourth-order valence-corrected chi connectivity index (χ4v) is 4.01. The number of sulfone groups is 1. The molecule has 1 saturated heterocycles. The molecule has 0 radical (unpaired) electrons. The maximum atomic E-state index is 11.3. The Morgan fingerprint density at radius 2 is 1.50 bits per heavy atom. The Bertz CT molecular complexity index is 285. The topological polar surface area (TPSA) is 46.2 Å². The quantitative estimate of drug-likeness (QED) is 0.809. The Morgan fingerprint density at radius 1 is 1.06 bits per heavy atom. The largest absolute Gasteiger partial charge is 0.308 e. The van der Waals surface area contributed by atoms with Gasteiger partial charge in [-0.3, -0.25) is 0 Å². The minimum atomic E-state index is -2.73. The zero-order chi connectivity index (χ0) is 12.2. The van der Waals surface area contributed by atoms with E-state index in [1.165, 1.54) is 0 Å². The lowest BCUT2D eigenvalue weighted by Crippen LogP contribution is -2.51. The normalized spacial score (nSPS) is 22.2. The van der Waals surface area contributed by atoms with Gasteiger partial charge in [0.25, 0.3) is 0 Å². The highest BCUT2D eigenvalue weighted by Crippen LogP contribution is 2.23. The molecule has 0 unspecified atom stereocenters. The molecule has 1 aliphatic heterocycles. The van der Waals surface area contributed by atoms with E-state index in [-0.39, 0.29) is 5.54 Å². The minimum Gasteiger partial charge on any atom is -0.308 e. The Balaban J connectivity index is 2.55. The van der Waals surface area contributed by atoms with Crippen molar-refractivity contribution in [1.29, 1.82) is 0 Å². The van der Waals surface area contributed by atoms with Crippen molar-refractivity contribution in [3.05, 3.63) is 0 Å². The van der Waals surface area contributed by atoms with Gasteiger partial charge in [0.2, 0.25) is 0 Å². The van der Waals surface area contributed by atoms with Crippen LogP contribution in [0.1, 0.15) is 52.9 Å². The van der Waals surface area contributed by atoms with Crippen LogP contribution in [0.3, 0.4) is 0 Å². The molecule has 96 valence electrons. The molecule has 0 aromatic carbocycles. The first-order valence-corrected chi connectivity index (χ1v) is 8.27. The average molecular weight is 247 g/mol. The van der Waals surface area contributed by atoms with Crippen molar-refractivity contribution in [2.24, 2.45) is 0 Å². The van der Waals surface area contributed by atoms with Gasteiger partial charge in [0.1, 0.15) is 9.84 Å². The number of hydrogen-bond acceptors (Lipinski definition) is 3. The smallest absolute Gasteiger partial charge is 0.150 e. The molecule has 0 aromatic rings. The first kappa shape index (κ1) is 14.0. The van der Waals surface area contributed by atoms with Gasteiger partial charge in [-0.15, -0.1) is 0 Å². The fraction of sp³-hybridized carbons (Fsp3) is 1.00. The van der Waals surface area contributed by atoms with Crippen LogP contribution < -0.4 is 5.32 Å². The average Bonchev–Trinajstić information content (AvgIpc) is 2.29. The Kier molecular flexibility index (Phi) is 4.80. The van der Waals surface area contributed by atoms with Gasteiger partial charge in [-0.1, -0.05) is 20.8 Å². The third kappa shape index (κ3) is 3.45. The molecular weight excluding hydrogens is 222 g/mol. The van der Waals surface area contributed by atoms with Gasteiger partial charge < -0.3 is 5.32 Å². The van der Waals surface area contributed by atoms with Crippen LogP contribution in [0, 0.1) is 0 Å². The van der Waals surface area contributed by atoms with Gasteiger partial charge in [0.15, 0.2) is 0 Å². The molecule has 16 heavy (non-hydrogen) atoms. The second-order valence-corrected chi connectivity index (χ2v) is 7.22.